The highest BCUT2D eigenvalue weighted by molar-refractivity contribution is 6.30. The van der Waals surface area contributed by atoms with Crippen LogP contribution in [0.3, 0.4) is 0 Å². The molecule has 1 aromatic rings. The second-order valence-corrected chi connectivity index (χ2v) is 22.2. The molecule has 398 valence electrons. The van der Waals surface area contributed by atoms with E-state index in [9.17, 15) is 19.4 Å². The minimum Gasteiger partial charge on any atom is -0.458 e. The zero-order valence-electron chi connectivity index (χ0n) is 44.2. The lowest BCUT2D eigenvalue weighted by atomic mass is 9.73. The van der Waals surface area contributed by atoms with E-state index in [4.69, 9.17) is 49.5 Å². The van der Waals surface area contributed by atoms with E-state index < -0.39 is 114 Å². The summed E-state index contributed by atoms with van der Waals surface area (Å²) < 4.78 is 66.4. The SMILES string of the molecule is CCC1CCC(CC)N1C1CC(C)OC(OC2C(C)C(OC3CC(C)(OC)C(O)C(C)O3)C(C)C(=O)OC(CC)C3(C)OC(=O)N(CCc4ccc(F)c(Cl)c4)C3C(C)C(=O)C(C)CC2(C)OC)C1O. The highest BCUT2D eigenvalue weighted by Gasteiger charge is 2.61. The summed E-state index contributed by atoms with van der Waals surface area (Å²) in [6.45, 7) is 22.6. The number of amides is 1. The number of benzene rings is 1. The van der Waals surface area contributed by atoms with Gasteiger partial charge in [-0.1, -0.05) is 59.2 Å². The van der Waals surface area contributed by atoms with Crippen LogP contribution in [0.4, 0.5) is 9.18 Å². The number of hydrogen-bond acceptors (Lipinski definition) is 14. The molecule has 5 saturated heterocycles. The molecule has 5 aliphatic rings. The fourth-order valence-corrected chi connectivity index (χ4v) is 13.1. The molecule has 0 spiro atoms. The van der Waals surface area contributed by atoms with Gasteiger partial charge in [-0.25, -0.2) is 9.18 Å². The monoisotopic (exact) mass is 1010 g/mol. The molecule has 17 heteroatoms. The predicted octanol–water partition coefficient (Wildman–Crippen LogP) is 8.03. The van der Waals surface area contributed by atoms with Gasteiger partial charge in [-0.2, -0.15) is 0 Å². The molecule has 20 unspecified atom stereocenters. The molecule has 1 amide bonds. The Morgan fingerprint density at radius 3 is 2.09 bits per heavy atom. The average molecular weight is 1010 g/mol. The van der Waals surface area contributed by atoms with Crippen molar-refractivity contribution in [1.29, 1.82) is 0 Å². The number of nitrogens with zero attached hydrogens (tertiary/aromatic N) is 2. The largest absolute Gasteiger partial charge is 0.458 e. The summed E-state index contributed by atoms with van der Waals surface area (Å²) in [6, 6.07) is 3.81. The van der Waals surface area contributed by atoms with E-state index in [2.05, 4.69) is 18.7 Å². The number of aliphatic hydroxyl groups is 2. The number of likely N-dealkylation sites (tertiary alicyclic amines) is 1. The van der Waals surface area contributed by atoms with Crippen molar-refractivity contribution in [2.24, 2.45) is 23.7 Å². The topological polar surface area (TPSA) is 172 Å². The number of fused-ring (bicyclic) bond motifs is 1. The van der Waals surface area contributed by atoms with Gasteiger partial charge in [0.15, 0.2) is 18.2 Å². The summed E-state index contributed by atoms with van der Waals surface area (Å²) in [5.74, 6) is -4.73. The van der Waals surface area contributed by atoms with Gasteiger partial charge in [0.2, 0.25) is 0 Å². The number of cyclic esters (lactones) is 1. The standard InChI is InChI=1S/C53H84ClFN2O13/c1-15-35-19-20-36(16-2)57(35)39-24-29(5)65-49(43(39)59)69-47-31(7)44(68-41-27-51(10,63-13)46(60)33(9)66-41)32(8)48(61)67-40(17-3)53(12)45(30(6)42(58)28(4)26-52(47,11)64-14)56(50(62)70-53)23-22-34-18-21-38(55)37(54)25-34/h18,21,25,28-33,35-36,39-41,43-47,49,59-60H,15-17,19-20,22-24,26-27H2,1-14H3. The second-order valence-electron chi connectivity index (χ2n) is 21.8. The molecule has 2 N–H and O–H groups in total. The highest BCUT2D eigenvalue weighted by Crippen LogP contribution is 2.45. The van der Waals surface area contributed by atoms with Gasteiger partial charge in [0.05, 0.1) is 52.6 Å². The summed E-state index contributed by atoms with van der Waals surface area (Å²) in [5, 5.41) is 23.6. The van der Waals surface area contributed by atoms with Crippen molar-refractivity contribution in [3.8, 4) is 0 Å². The molecule has 15 nitrogen and oxygen atoms in total. The van der Waals surface area contributed by atoms with Gasteiger partial charge in [0, 0.05) is 63.1 Å². The van der Waals surface area contributed by atoms with E-state index in [-0.39, 0.29) is 55.2 Å². The first-order chi connectivity index (χ1) is 32.9. The Labute approximate surface area is 421 Å². The molecule has 0 aliphatic carbocycles. The number of Topliss-reactive ketones (excluding diaryl/α,β-unsaturated/α-hetero) is 1. The Morgan fingerprint density at radius 1 is 0.857 bits per heavy atom. The lowest BCUT2D eigenvalue weighted by molar-refractivity contribution is -0.320. The van der Waals surface area contributed by atoms with Crippen molar-refractivity contribution in [2.45, 2.75) is 237 Å². The third-order valence-corrected chi connectivity index (χ3v) is 17.4. The lowest BCUT2D eigenvalue weighted by Gasteiger charge is -2.50. The predicted molar refractivity (Wildman–Crippen MR) is 260 cm³/mol. The van der Waals surface area contributed by atoms with E-state index in [1.165, 1.54) is 24.1 Å². The molecule has 0 bridgehead atoms. The second kappa shape index (κ2) is 22.9. The van der Waals surface area contributed by atoms with Crippen molar-refractivity contribution in [2.75, 3.05) is 20.8 Å². The van der Waals surface area contributed by atoms with E-state index in [1.807, 2.05) is 34.6 Å². The van der Waals surface area contributed by atoms with E-state index in [0.29, 0.717) is 24.1 Å². The molecule has 0 radical (unpaired) electrons. The minimum absolute atomic E-state index is 0.0514. The van der Waals surface area contributed by atoms with E-state index in [1.54, 1.807) is 47.8 Å². The Bertz CT molecular complexity index is 1960. The van der Waals surface area contributed by atoms with Gasteiger partial charge in [-0.05, 0) is 111 Å². The molecular formula is C53H84ClFN2O13. The molecule has 0 saturated carbocycles. The summed E-state index contributed by atoms with van der Waals surface area (Å²) >= 11 is 6.15. The quantitative estimate of drug-likeness (QED) is 0.182. The number of methoxy groups -OCH3 is 2. The number of ether oxygens (including phenoxy) is 8. The van der Waals surface area contributed by atoms with E-state index >= 15 is 9.59 Å². The van der Waals surface area contributed by atoms with Crippen molar-refractivity contribution >= 4 is 29.4 Å². The summed E-state index contributed by atoms with van der Waals surface area (Å²) in [4.78, 5) is 48.4. The van der Waals surface area contributed by atoms with E-state index in [0.717, 1.165) is 25.7 Å². The number of aliphatic hydroxyl groups excluding tert-OH is 2. The normalized spacial score (nSPS) is 43.7. The Hall–Kier alpha value is -2.51. The third kappa shape index (κ3) is 11.3. The van der Waals surface area contributed by atoms with Crippen LogP contribution in [0.15, 0.2) is 18.2 Å². The first-order valence-corrected chi connectivity index (χ1v) is 26.3. The number of esters is 1. The number of carbonyl (C=O) groups is 3. The Morgan fingerprint density at radius 2 is 1.50 bits per heavy atom. The van der Waals surface area contributed by atoms with Gasteiger partial charge < -0.3 is 48.1 Å². The van der Waals surface area contributed by atoms with Crippen LogP contribution < -0.4 is 0 Å². The van der Waals surface area contributed by atoms with Crippen molar-refractivity contribution < 1.29 is 66.9 Å². The highest BCUT2D eigenvalue weighted by atomic mass is 35.5. The smallest absolute Gasteiger partial charge is 0.410 e. The van der Waals surface area contributed by atoms with Crippen molar-refractivity contribution in [3.63, 3.8) is 0 Å². The summed E-state index contributed by atoms with van der Waals surface area (Å²) in [7, 11) is 3.07. The van der Waals surface area contributed by atoms with Crippen LogP contribution in [0.1, 0.15) is 140 Å². The molecule has 5 fully saturated rings. The van der Waals surface area contributed by atoms with Crippen LogP contribution in [-0.4, -0.2) is 155 Å². The van der Waals surface area contributed by atoms with Crippen LogP contribution in [0.5, 0.6) is 0 Å². The van der Waals surface area contributed by atoms with Gasteiger partial charge in [0.25, 0.3) is 0 Å². The first-order valence-electron chi connectivity index (χ1n) is 26.0. The Balaban J connectivity index is 1.45. The number of rotatable bonds is 13. The molecule has 1 aromatic carbocycles. The third-order valence-electron chi connectivity index (χ3n) is 17.1. The lowest BCUT2D eigenvalue weighted by Crippen LogP contribution is -2.63. The van der Waals surface area contributed by atoms with Gasteiger partial charge in [-0.15, -0.1) is 0 Å². The zero-order chi connectivity index (χ0) is 51.8. The van der Waals surface area contributed by atoms with Crippen LogP contribution in [-0.2, 0) is 53.9 Å². The van der Waals surface area contributed by atoms with Gasteiger partial charge >= 0.3 is 12.1 Å². The minimum atomic E-state index is -1.50. The number of ketones is 1. The average Bonchev–Trinajstić information content (AvgIpc) is 3.87. The number of halogens is 2. The van der Waals surface area contributed by atoms with Crippen molar-refractivity contribution in [1.82, 2.24) is 9.80 Å². The van der Waals surface area contributed by atoms with Crippen LogP contribution >= 0.6 is 11.6 Å². The maximum atomic E-state index is 15.2. The van der Waals surface area contributed by atoms with Gasteiger partial charge in [-0.3, -0.25) is 19.4 Å². The van der Waals surface area contributed by atoms with Gasteiger partial charge in [0.1, 0.15) is 29.9 Å². The molecule has 70 heavy (non-hydrogen) atoms. The Kier molecular flexibility index (Phi) is 18.6. The number of carbonyl (C=O) groups excluding carboxylic acids is 3. The summed E-state index contributed by atoms with van der Waals surface area (Å²) in [6.07, 6.45) is -3.58. The summed E-state index contributed by atoms with van der Waals surface area (Å²) in [5.41, 5.74) is -3.19. The van der Waals surface area contributed by atoms with Crippen LogP contribution in [0.25, 0.3) is 0 Å². The molecule has 5 heterocycles. The molecule has 20 atom stereocenters. The maximum absolute atomic E-state index is 15.2. The molecule has 6 rings (SSSR count). The van der Waals surface area contributed by atoms with Crippen LogP contribution in [0.2, 0.25) is 5.02 Å². The fraction of sp³-hybridized carbons (Fsp3) is 0.830. The van der Waals surface area contributed by atoms with Crippen molar-refractivity contribution in [3.05, 3.63) is 34.6 Å². The maximum Gasteiger partial charge on any atom is 0.410 e. The molecule has 0 aromatic heterocycles. The number of hydrogen-bond donors (Lipinski definition) is 2. The van der Waals surface area contributed by atoms with Crippen LogP contribution in [0, 0.1) is 29.5 Å². The molecule has 5 aliphatic heterocycles. The first kappa shape index (κ1) is 56.8. The molecular weight excluding hydrogens is 927 g/mol. The fourth-order valence-electron chi connectivity index (χ4n) is 12.9. The zero-order valence-corrected chi connectivity index (χ0v) is 44.9.